The van der Waals surface area contributed by atoms with Crippen LogP contribution < -0.4 is 10.1 Å². The van der Waals surface area contributed by atoms with Gasteiger partial charge in [-0.15, -0.1) is 0 Å². The van der Waals surface area contributed by atoms with Gasteiger partial charge in [-0.3, -0.25) is 4.79 Å². The summed E-state index contributed by atoms with van der Waals surface area (Å²) >= 11 is 0. The smallest absolute Gasteiger partial charge is 0.387 e. The lowest BCUT2D eigenvalue weighted by Crippen LogP contribution is -2.27. The summed E-state index contributed by atoms with van der Waals surface area (Å²) < 4.78 is 31.2. The minimum atomic E-state index is -2.99. The first-order valence-corrected chi connectivity index (χ1v) is 7.97. The van der Waals surface area contributed by atoms with E-state index < -0.39 is 12.5 Å². The molecule has 3 rings (SSSR count). The number of nitrogens with one attached hydrogen (secondary N) is 1. The van der Waals surface area contributed by atoms with E-state index in [1.807, 2.05) is 42.0 Å². The number of amides is 1. The van der Waals surface area contributed by atoms with Crippen molar-refractivity contribution in [2.45, 2.75) is 19.6 Å². The molecule has 7 heteroatoms. The zero-order valence-corrected chi connectivity index (χ0v) is 14.0. The van der Waals surface area contributed by atoms with Crippen LogP contribution in [0, 0.1) is 0 Å². The number of para-hydroxylation sites is 1. The number of benzene rings is 2. The van der Waals surface area contributed by atoms with E-state index >= 15 is 0 Å². The summed E-state index contributed by atoms with van der Waals surface area (Å²) in [7, 11) is 0. The highest BCUT2D eigenvalue weighted by Gasteiger charge is 2.17. The number of alkyl halides is 2. The Labute approximate surface area is 149 Å². The van der Waals surface area contributed by atoms with Crippen LogP contribution in [0.25, 0.3) is 5.69 Å². The number of carbonyl (C=O) groups is 1. The molecule has 0 saturated heterocycles. The Morgan fingerprint density at radius 3 is 2.54 bits per heavy atom. The first-order chi connectivity index (χ1) is 12.5. The molecule has 0 saturated carbocycles. The van der Waals surface area contributed by atoms with Crippen LogP contribution in [0.1, 0.15) is 28.9 Å². The van der Waals surface area contributed by atoms with Gasteiger partial charge in [0.25, 0.3) is 5.91 Å². The largest absolute Gasteiger partial charge is 0.434 e. The molecule has 0 spiro atoms. The van der Waals surface area contributed by atoms with Crippen molar-refractivity contribution in [3.8, 4) is 11.4 Å². The standard InChI is InChI=1S/C19H17F2N3O2/c1-13(14-6-8-15(9-7-14)24-11-10-22-12-24)23-18(25)16-4-2-3-5-17(16)26-19(20)21/h2-13,19H,1H3,(H,23,25)/t13-/m1/s1. The van der Waals surface area contributed by atoms with Gasteiger partial charge in [0, 0.05) is 18.1 Å². The van der Waals surface area contributed by atoms with Gasteiger partial charge in [-0.1, -0.05) is 24.3 Å². The zero-order valence-electron chi connectivity index (χ0n) is 14.0. The van der Waals surface area contributed by atoms with E-state index in [2.05, 4.69) is 15.0 Å². The van der Waals surface area contributed by atoms with Crippen LogP contribution in [0.4, 0.5) is 8.78 Å². The van der Waals surface area contributed by atoms with Crippen molar-refractivity contribution in [2.24, 2.45) is 0 Å². The molecule has 1 amide bonds. The van der Waals surface area contributed by atoms with E-state index in [1.165, 1.54) is 18.2 Å². The molecule has 134 valence electrons. The van der Waals surface area contributed by atoms with Crippen molar-refractivity contribution in [3.05, 3.63) is 78.4 Å². The van der Waals surface area contributed by atoms with Gasteiger partial charge in [-0.25, -0.2) is 4.98 Å². The summed E-state index contributed by atoms with van der Waals surface area (Å²) in [6.45, 7) is -1.17. The van der Waals surface area contributed by atoms with Crippen molar-refractivity contribution < 1.29 is 18.3 Å². The van der Waals surface area contributed by atoms with Crippen molar-refractivity contribution in [2.75, 3.05) is 0 Å². The van der Waals surface area contributed by atoms with E-state index in [-0.39, 0.29) is 17.4 Å². The lowest BCUT2D eigenvalue weighted by atomic mass is 10.1. The van der Waals surface area contributed by atoms with Crippen molar-refractivity contribution in [3.63, 3.8) is 0 Å². The maximum absolute atomic E-state index is 12.5. The molecule has 1 heterocycles. The highest BCUT2D eigenvalue weighted by atomic mass is 19.3. The van der Waals surface area contributed by atoms with E-state index in [4.69, 9.17) is 0 Å². The minimum absolute atomic E-state index is 0.0645. The third kappa shape index (κ3) is 4.05. The van der Waals surface area contributed by atoms with Crippen molar-refractivity contribution in [1.82, 2.24) is 14.9 Å². The molecule has 0 aliphatic carbocycles. The quantitative estimate of drug-likeness (QED) is 0.726. The second-order valence-corrected chi connectivity index (χ2v) is 5.63. The maximum Gasteiger partial charge on any atom is 0.387 e. The van der Waals surface area contributed by atoms with Crippen LogP contribution in [-0.2, 0) is 0 Å². The number of halogens is 2. The Kier molecular flexibility index (Phi) is 5.26. The highest BCUT2D eigenvalue weighted by Crippen LogP contribution is 2.22. The highest BCUT2D eigenvalue weighted by molar-refractivity contribution is 5.97. The van der Waals surface area contributed by atoms with Crippen LogP contribution >= 0.6 is 0 Å². The van der Waals surface area contributed by atoms with Crippen LogP contribution in [0.3, 0.4) is 0 Å². The molecule has 0 aliphatic rings. The molecule has 26 heavy (non-hydrogen) atoms. The predicted molar refractivity (Wildman–Crippen MR) is 92.5 cm³/mol. The summed E-state index contributed by atoms with van der Waals surface area (Å²) in [6.07, 6.45) is 5.22. The molecular formula is C19H17F2N3O2. The molecule has 0 radical (unpaired) electrons. The van der Waals surface area contributed by atoms with Crippen LogP contribution in [0.2, 0.25) is 0 Å². The molecule has 0 unspecified atom stereocenters. The fourth-order valence-electron chi connectivity index (χ4n) is 2.56. The third-order valence-electron chi connectivity index (χ3n) is 3.89. The first kappa shape index (κ1) is 17.6. The molecule has 1 aromatic heterocycles. The summed E-state index contributed by atoms with van der Waals surface area (Å²) in [6, 6.07) is 13.2. The Morgan fingerprint density at radius 1 is 1.15 bits per heavy atom. The third-order valence-corrected chi connectivity index (χ3v) is 3.89. The molecule has 0 fully saturated rings. The Bertz CT molecular complexity index is 865. The maximum atomic E-state index is 12.5. The van der Waals surface area contributed by atoms with E-state index in [0.29, 0.717) is 0 Å². The SMILES string of the molecule is C[C@@H](NC(=O)c1ccccc1OC(F)F)c1ccc(-n2ccnc2)cc1. The number of ether oxygens (including phenoxy) is 1. The van der Waals surface area contributed by atoms with Gasteiger partial charge in [0.15, 0.2) is 0 Å². The van der Waals surface area contributed by atoms with Gasteiger partial charge in [0.05, 0.1) is 17.9 Å². The molecule has 1 N–H and O–H groups in total. The Hall–Kier alpha value is -3.22. The molecule has 1 atom stereocenters. The number of aromatic nitrogens is 2. The zero-order chi connectivity index (χ0) is 18.5. The van der Waals surface area contributed by atoms with E-state index in [1.54, 1.807) is 18.6 Å². The summed E-state index contributed by atoms with van der Waals surface area (Å²) in [5.74, 6) is -0.630. The lowest BCUT2D eigenvalue weighted by Gasteiger charge is -2.16. The van der Waals surface area contributed by atoms with Crippen LogP contribution in [0.5, 0.6) is 5.75 Å². The normalized spacial score (nSPS) is 12.0. The fraction of sp³-hybridized carbons (Fsp3) is 0.158. The average Bonchev–Trinajstić information content (AvgIpc) is 3.16. The molecule has 0 aliphatic heterocycles. The molecular weight excluding hydrogens is 340 g/mol. The molecule has 5 nitrogen and oxygen atoms in total. The summed E-state index contributed by atoms with van der Waals surface area (Å²) in [4.78, 5) is 16.4. The topological polar surface area (TPSA) is 56.1 Å². The number of carbonyl (C=O) groups excluding carboxylic acids is 1. The molecule has 0 bridgehead atoms. The van der Waals surface area contributed by atoms with Gasteiger partial charge in [0.2, 0.25) is 0 Å². The van der Waals surface area contributed by atoms with Gasteiger partial charge in [-0.05, 0) is 36.8 Å². The fourth-order valence-corrected chi connectivity index (χ4v) is 2.56. The van der Waals surface area contributed by atoms with Crippen LogP contribution in [0.15, 0.2) is 67.3 Å². The number of nitrogens with zero attached hydrogens (tertiary/aromatic N) is 2. The van der Waals surface area contributed by atoms with Gasteiger partial charge >= 0.3 is 6.61 Å². The van der Waals surface area contributed by atoms with Gasteiger partial charge in [0.1, 0.15) is 5.75 Å². The second kappa shape index (κ2) is 7.77. The second-order valence-electron chi connectivity index (χ2n) is 5.63. The Morgan fingerprint density at radius 2 is 1.88 bits per heavy atom. The van der Waals surface area contributed by atoms with E-state index in [9.17, 15) is 13.6 Å². The summed E-state index contributed by atoms with van der Waals surface area (Å²) in [5.41, 5.74) is 1.89. The summed E-state index contributed by atoms with van der Waals surface area (Å²) in [5, 5.41) is 2.80. The van der Waals surface area contributed by atoms with Crippen molar-refractivity contribution >= 4 is 5.91 Å². The average molecular weight is 357 g/mol. The lowest BCUT2D eigenvalue weighted by molar-refractivity contribution is -0.0501. The number of imidazole rings is 1. The Balaban J connectivity index is 1.72. The van der Waals surface area contributed by atoms with Crippen molar-refractivity contribution in [1.29, 1.82) is 0 Å². The van der Waals surface area contributed by atoms with Gasteiger partial charge in [-0.2, -0.15) is 8.78 Å². The monoisotopic (exact) mass is 357 g/mol. The number of rotatable bonds is 6. The van der Waals surface area contributed by atoms with E-state index in [0.717, 1.165) is 11.3 Å². The molecule has 3 aromatic rings. The molecule has 2 aromatic carbocycles. The first-order valence-electron chi connectivity index (χ1n) is 7.97. The van der Waals surface area contributed by atoms with Crippen LogP contribution in [-0.4, -0.2) is 22.1 Å². The van der Waals surface area contributed by atoms with Gasteiger partial charge < -0.3 is 14.6 Å². The number of hydrogen-bond donors (Lipinski definition) is 1. The number of hydrogen-bond acceptors (Lipinski definition) is 3. The predicted octanol–water partition coefficient (Wildman–Crippen LogP) is 3.96. The minimum Gasteiger partial charge on any atom is -0.434 e.